The van der Waals surface area contributed by atoms with E-state index in [1.807, 2.05) is 25.1 Å². The van der Waals surface area contributed by atoms with Crippen LogP contribution in [0.2, 0.25) is 0 Å². The molecule has 0 saturated heterocycles. The topological polar surface area (TPSA) is 111 Å². The van der Waals surface area contributed by atoms with E-state index in [1.54, 1.807) is 59.9 Å². The van der Waals surface area contributed by atoms with Crippen LogP contribution in [0.4, 0.5) is 15.3 Å². The fraction of sp³-hybridized carbons (Fsp3) is 0.417. The number of aryl methyl sites for hydroxylation is 1. The maximum Gasteiger partial charge on any atom is 0.414 e. The minimum absolute atomic E-state index is 0.175. The summed E-state index contributed by atoms with van der Waals surface area (Å²) in [6, 6.07) is 9.17. The Morgan fingerprint density at radius 2 is 1.48 bits per heavy atom. The van der Waals surface area contributed by atoms with Gasteiger partial charge in [-0.3, -0.25) is 15.6 Å². The van der Waals surface area contributed by atoms with Crippen molar-refractivity contribution in [3.63, 3.8) is 0 Å². The lowest BCUT2D eigenvalue weighted by molar-refractivity contribution is 0.0545. The van der Waals surface area contributed by atoms with Crippen molar-refractivity contribution in [2.24, 2.45) is 4.99 Å². The molecular weight excluding hydrogens is 424 g/mol. The van der Waals surface area contributed by atoms with Crippen LogP contribution < -0.4 is 15.4 Å². The fourth-order valence-electron chi connectivity index (χ4n) is 2.64. The van der Waals surface area contributed by atoms with Gasteiger partial charge in [-0.2, -0.15) is 0 Å². The van der Waals surface area contributed by atoms with Crippen LogP contribution >= 0.6 is 0 Å². The number of benzene rings is 1. The van der Waals surface area contributed by atoms with E-state index >= 15 is 0 Å². The third-order valence-corrected chi connectivity index (χ3v) is 3.86. The summed E-state index contributed by atoms with van der Waals surface area (Å²) < 4.78 is 16.0. The van der Waals surface area contributed by atoms with E-state index in [9.17, 15) is 9.59 Å². The Bertz CT molecular complexity index is 1000. The molecule has 0 bridgehead atoms. The number of ether oxygens (including phenoxy) is 3. The van der Waals surface area contributed by atoms with Crippen LogP contribution in [0.25, 0.3) is 11.3 Å². The number of pyridine rings is 1. The molecule has 33 heavy (non-hydrogen) atoms. The maximum absolute atomic E-state index is 12.4. The molecule has 0 aliphatic rings. The van der Waals surface area contributed by atoms with Crippen molar-refractivity contribution in [1.29, 1.82) is 0 Å². The Morgan fingerprint density at radius 3 is 1.97 bits per heavy atom. The van der Waals surface area contributed by atoms with Gasteiger partial charge in [-0.05, 0) is 84.4 Å². The Balaban J connectivity index is 2.46. The van der Waals surface area contributed by atoms with Gasteiger partial charge in [-0.15, -0.1) is 0 Å². The van der Waals surface area contributed by atoms with Gasteiger partial charge in [0.05, 0.1) is 12.8 Å². The molecule has 2 rings (SSSR count). The summed E-state index contributed by atoms with van der Waals surface area (Å²) in [6.07, 6.45) is 0.151. The second-order valence-electron chi connectivity index (χ2n) is 9.32. The van der Waals surface area contributed by atoms with Crippen LogP contribution in [-0.2, 0) is 9.47 Å². The molecular formula is C24H32N4O5. The van der Waals surface area contributed by atoms with Crippen LogP contribution in [0.5, 0.6) is 5.75 Å². The van der Waals surface area contributed by atoms with Crippen LogP contribution in [-0.4, -0.2) is 41.4 Å². The lowest BCUT2D eigenvalue weighted by Crippen LogP contribution is -2.47. The number of rotatable bonds is 3. The zero-order valence-corrected chi connectivity index (χ0v) is 20.4. The number of hydrogen-bond acceptors (Lipinski definition) is 7. The van der Waals surface area contributed by atoms with Gasteiger partial charge in [0.2, 0.25) is 5.96 Å². The first-order valence-electron chi connectivity index (χ1n) is 10.5. The number of alkyl carbamates (subject to hydrolysis) is 2. The normalized spacial score (nSPS) is 11.3. The summed E-state index contributed by atoms with van der Waals surface area (Å²) in [5.41, 5.74) is 1.47. The van der Waals surface area contributed by atoms with Crippen molar-refractivity contribution in [3.8, 4) is 17.0 Å². The monoisotopic (exact) mass is 456 g/mol. The van der Waals surface area contributed by atoms with Gasteiger partial charge in [0.15, 0.2) is 0 Å². The molecule has 0 atom stereocenters. The molecule has 0 spiro atoms. The first kappa shape index (κ1) is 25.6. The van der Waals surface area contributed by atoms with E-state index in [4.69, 9.17) is 14.2 Å². The average molecular weight is 457 g/mol. The molecule has 1 heterocycles. The summed E-state index contributed by atoms with van der Waals surface area (Å²) in [7, 11) is 1.50. The van der Waals surface area contributed by atoms with Crippen molar-refractivity contribution in [3.05, 3.63) is 42.1 Å². The molecule has 178 valence electrons. The van der Waals surface area contributed by atoms with E-state index in [0.29, 0.717) is 11.4 Å². The summed E-state index contributed by atoms with van der Waals surface area (Å²) in [4.78, 5) is 33.5. The standard InChI is InChI=1S/C24H32N4O5/c1-15-11-12-25-17(13-15)16-9-10-19(31-8)18(14-16)26-20(27-21(29)32-23(2,3)4)28-22(30)33-24(5,6)7/h9-14H,1-8H3,(H2,26,27,28,29,30). The fourth-order valence-corrected chi connectivity index (χ4v) is 2.64. The lowest BCUT2D eigenvalue weighted by atomic mass is 10.1. The van der Waals surface area contributed by atoms with Crippen LogP contribution in [0.1, 0.15) is 47.1 Å². The largest absolute Gasteiger partial charge is 0.494 e. The molecule has 2 amide bonds. The van der Waals surface area contributed by atoms with Crippen molar-refractivity contribution in [2.45, 2.75) is 59.7 Å². The number of amides is 2. The van der Waals surface area contributed by atoms with Gasteiger partial charge < -0.3 is 14.2 Å². The molecule has 2 N–H and O–H groups in total. The molecule has 9 heteroatoms. The maximum atomic E-state index is 12.4. The zero-order valence-electron chi connectivity index (χ0n) is 20.4. The van der Waals surface area contributed by atoms with Crippen LogP contribution in [0.15, 0.2) is 41.5 Å². The smallest absolute Gasteiger partial charge is 0.414 e. The van der Waals surface area contributed by atoms with Gasteiger partial charge >= 0.3 is 12.2 Å². The molecule has 1 aromatic heterocycles. The third kappa shape index (κ3) is 8.80. The Hall–Kier alpha value is -3.62. The second kappa shape index (κ2) is 10.3. The third-order valence-electron chi connectivity index (χ3n) is 3.86. The summed E-state index contributed by atoms with van der Waals surface area (Å²) in [5, 5.41) is 4.93. The van der Waals surface area contributed by atoms with E-state index in [0.717, 1.165) is 16.8 Å². The first-order valence-corrected chi connectivity index (χ1v) is 10.5. The van der Waals surface area contributed by atoms with E-state index < -0.39 is 23.4 Å². The van der Waals surface area contributed by atoms with Crippen LogP contribution in [0.3, 0.4) is 0 Å². The molecule has 0 fully saturated rings. The molecule has 1 aromatic carbocycles. The molecule has 0 aliphatic carbocycles. The van der Waals surface area contributed by atoms with Gasteiger partial charge in [-0.25, -0.2) is 14.6 Å². The average Bonchev–Trinajstić information content (AvgIpc) is 2.64. The van der Waals surface area contributed by atoms with Gasteiger partial charge in [0.25, 0.3) is 0 Å². The minimum Gasteiger partial charge on any atom is -0.494 e. The first-order chi connectivity index (χ1) is 15.3. The molecule has 0 saturated carbocycles. The number of aliphatic imine (C=N–C) groups is 1. The molecule has 0 unspecified atom stereocenters. The lowest BCUT2D eigenvalue weighted by Gasteiger charge is -2.22. The highest BCUT2D eigenvalue weighted by Gasteiger charge is 2.22. The van der Waals surface area contributed by atoms with Gasteiger partial charge in [0.1, 0.15) is 22.6 Å². The van der Waals surface area contributed by atoms with E-state index in [-0.39, 0.29) is 5.96 Å². The zero-order chi connectivity index (χ0) is 24.8. The Kier molecular flexibility index (Phi) is 8.03. The number of methoxy groups -OCH3 is 1. The number of nitrogens with zero attached hydrogens (tertiary/aromatic N) is 2. The highest BCUT2D eigenvalue weighted by molar-refractivity contribution is 6.02. The predicted octanol–water partition coefficient (Wildman–Crippen LogP) is 5.10. The Morgan fingerprint density at radius 1 is 0.909 bits per heavy atom. The highest BCUT2D eigenvalue weighted by atomic mass is 16.6. The summed E-state index contributed by atoms with van der Waals surface area (Å²) >= 11 is 0. The summed E-state index contributed by atoms with van der Waals surface area (Å²) in [5.74, 6) is 0.257. The minimum atomic E-state index is -0.784. The van der Waals surface area contributed by atoms with Crippen LogP contribution in [0, 0.1) is 6.92 Å². The second-order valence-corrected chi connectivity index (χ2v) is 9.32. The summed E-state index contributed by atoms with van der Waals surface area (Å²) in [6.45, 7) is 12.3. The van der Waals surface area contributed by atoms with Gasteiger partial charge in [-0.1, -0.05) is 0 Å². The number of hydrogen-bond donors (Lipinski definition) is 2. The molecule has 0 radical (unpaired) electrons. The number of aromatic nitrogens is 1. The Labute approximate surface area is 194 Å². The molecule has 2 aromatic rings. The van der Waals surface area contributed by atoms with Crippen molar-refractivity contribution < 1.29 is 23.8 Å². The number of carbonyl (C=O) groups is 2. The SMILES string of the molecule is COc1ccc(-c2cc(C)ccn2)cc1N=C(NC(=O)OC(C)(C)C)NC(=O)OC(C)(C)C. The quantitative estimate of drug-likeness (QED) is 0.491. The van der Waals surface area contributed by atoms with Crippen molar-refractivity contribution in [2.75, 3.05) is 7.11 Å². The number of guanidine groups is 1. The number of nitrogens with one attached hydrogen (secondary N) is 2. The molecule has 0 aliphatic heterocycles. The van der Waals surface area contributed by atoms with Crippen molar-refractivity contribution in [1.82, 2.24) is 15.6 Å². The van der Waals surface area contributed by atoms with E-state index in [2.05, 4.69) is 20.6 Å². The predicted molar refractivity (Wildman–Crippen MR) is 127 cm³/mol. The molecule has 9 nitrogen and oxygen atoms in total. The van der Waals surface area contributed by atoms with Gasteiger partial charge in [0, 0.05) is 11.8 Å². The highest BCUT2D eigenvalue weighted by Crippen LogP contribution is 2.32. The van der Waals surface area contributed by atoms with Crippen molar-refractivity contribution >= 4 is 23.8 Å². The van der Waals surface area contributed by atoms with E-state index in [1.165, 1.54) is 7.11 Å². The number of carbonyl (C=O) groups excluding carboxylic acids is 2.